The summed E-state index contributed by atoms with van der Waals surface area (Å²) in [7, 11) is 0. The first-order chi connectivity index (χ1) is 13.2. The summed E-state index contributed by atoms with van der Waals surface area (Å²) < 4.78 is 0. The van der Waals surface area contributed by atoms with Crippen molar-refractivity contribution in [1.29, 1.82) is 0 Å². The summed E-state index contributed by atoms with van der Waals surface area (Å²) in [6.07, 6.45) is 6.10. The van der Waals surface area contributed by atoms with E-state index in [1.807, 2.05) is 23.2 Å². The quantitative estimate of drug-likeness (QED) is 0.731. The van der Waals surface area contributed by atoms with Gasteiger partial charge in [-0.25, -0.2) is 0 Å². The number of piperidine rings is 1. The van der Waals surface area contributed by atoms with Gasteiger partial charge in [-0.1, -0.05) is 42.5 Å². The third kappa shape index (κ3) is 4.03. The fourth-order valence-corrected chi connectivity index (χ4v) is 4.00. The Morgan fingerprint density at radius 2 is 2.07 bits per heavy atom. The fourth-order valence-electron chi connectivity index (χ4n) is 4.00. The highest BCUT2D eigenvalue weighted by molar-refractivity contribution is 5.83. The number of fused-ring (bicyclic) bond motifs is 1. The van der Waals surface area contributed by atoms with Crippen molar-refractivity contribution in [2.24, 2.45) is 0 Å². The molecule has 1 aromatic heterocycles. The van der Waals surface area contributed by atoms with E-state index in [4.69, 9.17) is 0 Å². The molecule has 5 heteroatoms. The van der Waals surface area contributed by atoms with Gasteiger partial charge < -0.3 is 10.0 Å². The van der Waals surface area contributed by atoms with Gasteiger partial charge in [0.25, 0.3) is 0 Å². The molecule has 140 valence electrons. The summed E-state index contributed by atoms with van der Waals surface area (Å²) in [6, 6.07) is 14.7. The van der Waals surface area contributed by atoms with E-state index in [-0.39, 0.29) is 11.8 Å². The standard InChI is InChI=1S/C22H25N3O2/c26-21-15-25(22(27)7-3-4-16-13-23-24-14-16)11-10-20(21)19-9-8-17-5-1-2-6-18(17)12-19/h1-2,5-6,8-9,12-14,20-21,26H,3-4,7,10-11,15H2,(H,23,24)/t20-,21+/m0/s1. The number of nitrogens with zero attached hydrogens (tertiary/aromatic N) is 2. The lowest BCUT2D eigenvalue weighted by Gasteiger charge is -2.36. The summed E-state index contributed by atoms with van der Waals surface area (Å²) in [4.78, 5) is 14.3. The molecule has 4 rings (SSSR count). The van der Waals surface area contributed by atoms with Gasteiger partial charge in [0.2, 0.25) is 5.91 Å². The molecule has 0 bridgehead atoms. The number of benzene rings is 2. The van der Waals surface area contributed by atoms with E-state index in [1.165, 1.54) is 10.8 Å². The number of amides is 1. The lowest BCUT2D eigenvalue weighted by Crippen LogP contribution is -2.45. The monoisotopic (exact) mass is 363 g/mol. The molecule has 2 heterocycles. The zero-order valence-electron chi connectivity index (χ0n) is 15.3. The van der Waals surface area contributed by atoms with Gasteiger partial charge in [0.1, 0.15) is 0 Å². The Morgan fingerprint density at radius 1 is 1.22 bits per heavy atom. The van der Waals surface area contributed by atoms with Crippen LogP contribution in [-0.2, 0) is 11.2 Å². The maximum atomic E-state index is 12.5. The van der Waals surface area contributed by atoms with E-state index >= 15 is 0 Å². The molecule has 3 aromatic rings. The number of nitrogens with one attached hydrogen (secondary N) is 1. The van der Waals surface area contributed by atoms with Crippen LogP contribution in [0.2, 0.25) is 0 Å². The van der Waals surface area contributed by atoms with Gasteiger partial charge in [0.05, 0.1) is 12.3 Å². The highest BCUT2D eigenvalue weighted by atomic mass is 16.3. The maximum absolute atomic E-state index is 12.5. The predicted molar refractivity (Wildman–Crippen MR) is 105 cm³/mol. The molecular weight excluding hydrogens is 338 g/mol. The minimum Gasteiger partial charge on any atom is -0.391 e. The van der Waals surface area contributed by atoms with Crippen molar-refractivity contribution in [2.45, 2.75) is 37.7 Å². The molecule has 27 heavy (non-hydrogen) atoms. The van der Waals surface area contributed by atoms with Gasteiger partial charge in [-0.2, -0.15) is 5.10 Å². The zero-order valence-corrected chi connectivity index (χ0v) is 15.3. The average Bonchev–Trinajstić information content (AvgIpc) is 3.21. The number of aromatic amines is 1. The van der Waals surface area contributed by atoms with Crippen LogP contribution in [0.1, 0.15) is 36.3 Å². The van der Waals surface area contributed by atoms with Crippen LogP contribution in [0.25, 0.3) is 10.8 Å². The third-order valence-corrected chi connectivity index (χ3v) is 5.55. The van der Waals surface area contributed by atoms with Crippen LogP contribution in [0.5, 0.6) is 0 Å². The van der Waals surface area contributed by atoms with Crippen molar-refractivity contribution in [2.75, 3.05) is 13.1 Å². The van der Waals surface area contributed by atoms with E-state index in [9.17, 15) is 9.90 Å². The molecule has 1 aliphatic rings. The Hall–Kier alpha value is -2.66. The number of aromatic nitrogens is 2. The molecule has 0 spiro atoms. The number of hydrogen-bond acceptors (Lipinski definition) is 3. The van der Waals surface area contributed by atoms with E-state index < -0.39 is 6.10 Å². The van der Waals surface area contributed by atoms with Gasteiger partial charge in [0, 0.05) is 31.6 Å². The van der Waals surface area contributed by atoms with Crippen molar-refractivity contribution < 1.29 is 9.90 Å². The topological polar surface area (TPSA) is 69.2 Å². The first kappa shape index (κ1) is 17.7. The predicted octanol–water partition coefficient (Wildman–Crippen LogP) is 3.26. The number of carbonyl (C=O) groups is 1. The molecule has 0 aliphatic carbocycles. The normalized spacial score (nSPS) is 20.1. The van der Waals surface area contributed by atoms with Crippen LogP contribution in [0.3, 0.4) is 0 Å². The first-order valence-electron chi connectivity index (χ1n) is 9.63. The molecule has 0 radical (unpaired) electrons. The Morgan fingerprint density at radius 3 is 2.85 bits per heavy atom. The van der Waals surface area contributed by atoms with E-state index in [0.717, 1.165) is 30.4 Å². The Bertz CT molecular complexity index is 907. The molecule has 1 aliphatic heterocycles. The van der Waals surface area contributed by atoms with Crippen molar-refractivity contribution >= 4 is 16.7 Å². The van der Waals surface area contributed by atoms with E-state index in [1.54, 1.807) is 6.20 Å². The number of β-amino-alcohol motifs (C(OH)–C–C–N with tert-alkyl or cyclic N) is 1. The number of aliphatic hydroxyl groups excluding tert-OH is 1. The van der Waals surface area contributed by atoms with Crippen LogP contribution in [0.15, 0.2) is 54.9 Å². The summed E-state index contributed by atoms with van der Waals surface area (Å²) in [5.74, 6) is 0.221. The number of aryl methyl sites for hydroxylation is 1. The Balaban J connectivity index is 1.34. The smallest absolute Gasteiger partial charge is 0.222 e. The van der Waals surface area contributed by atoms with Crippen LogP contribution >= 0.6 is 0 Å². The molecule has 0 unspecified atom stereocenters. The first-order valence-corrected chi connectivity index (χ1v) is 9.63. The molecule has 1 fully saturated rings. The average molecular weight is 363 g/mol. The van der Waals surface area contributed by atoms with Crippen LogP contribution < -0.4 is 0 Å². The Kier molecular flexibility index (Phi) is 5.21. The van der Waals surface area contributed by atoms with E-state index in [0.29, 0.717) is 19.5 Å². The van der Waals surface area contributed by atoms with Gasteiger partial charge >= 0.3 is 0 Å². The van der Waals surface area contributed by atoms with Crippen molar-refractivity contribution in [1.82, 2.24) is 15.1 Å². The fraction of sp³-hybridized carbons (Fsp3) is 0.364. The number of likely N-dealkylation sites (tertiary alicyclic amines) is 1. The van der Waals surface area contributed by atoms with E-state index in [2.05, 4.69) is 40.5 Å². The molecule has 2 aromatic carbocycles. The summed E-state index contributed by atoms with van der Waals surface area (Å²) in [5.41, 5.74) is 2.28. The van der Waals surface area contributed by atoms with Crippen molar-refractivity contribution in [3.8, 4) is 0 Å². The minimum atomic E-state index is -0.516. The maximum Gasteiger partial charge on any atom is 0.222 e. The second-order valence-electron chi connectivity index (χ2n) is 7.37. The van der Waals surface area contributed by atoms with Gasteiger partial charge in [0.15, 0.2) is 0 Å². The molecular formula is C22H25N3O2. The van der Waals surface area contributed by atoms with Gasteiger partial charge in [-0.3, -0.25) is 9.89 Å². The number of hydrogen-bond donors (Lipinski definition) is 2. The molecule has 1 amide bonds. The van der Waals surface area contributed by atoms with Crippen molar-refractivity contribution in [3.63, 3.8) is 0 Å². The highest BCUT2D eigenvalue weighted by Gasteiger charge is 2.30. The van der Waals surface area contributed by atoms with Crippen LogP contribution in [0, 0.1) is 0 Å². The molecule has 0 saturated carbocycles. The molecule has 1 saturated heterocycles. The lowest BCUT2D eigenvalue weighted by atomic mass is 9.86. The molecule has 2 atom stereocenters. The second-order valence-corrected chi connectivity index (χ2v) is 7.37. The lowest BCUT2D eigenvalue weighted by molar-refractivity contribution is -0.134. The largest absolute Gasteiger partial charge is 0.391 e. The van der Waals surface area contributed by atoms with Gasteiger partial charge in [-0.15, -0.1) is 0 Å². The number of carbonyl (C=O) groups excluding carboxylic acids is 1. The SMILES string of the molecule is O=C(CCCc1cn[nH]c1)N1CC[C@@H](c2ccc3ccccc3c2)[C@H](O)C1. The van der Waals surface area contributed by atoms with Crippen LogP contribution in [0.4, 0.5) is 0 Å². The number of aliphatic hydroxyl groups is 1. The summed E-state index contributed by atoms with van der Waals surface area (Å²) in [6.45, 7) is 1.13. The zero-order chi connectivity index (χ0) is 18.6. The second kappa shape index (κ2) is 7.92. The third-order valence-electron chi connectivity index (χ3n) is 5.55. The summed E-state index contributed by atoms with van der Waals surface area (Å²) in [5, 5.41) is 19.8. The Labute approximate surface area is 159 Å². The summed E-state index contributed by atoms with van der Waals surface area (Å²) >= 11 is 0. The highest BCUT2D eigenvalue weighted by Crippen LogP contribution is 2.31. The minimum absolute atomic E-state index is 0.0876. The van der Waals surface area contributed by atoms with Crippen molar-refractivity contribution in [3.05, 3.63) is 66.0 Å². The molecule has 2 N–H and O–H groups in total. The number of rotatable bonds is 5. The van der Waals surface area contributed by atoms with Crippen LogP contribution in [-0.4, -0.2) is 45.3 Å². The molecule has 5 nitrogen and oxygen atoms in total. The van der Waals surface area contributed by atoms with Gasteiger partial charge in [-0.05, 0) is 41.2 Å². The number of H-pyrrole nitrogens is 1.